The monoisotopic (exact) mass is 335 g/mol. The molecule has 0 unspecified atom stereocenters. The van der Waals surface area contributed by atoms with E-state index in [2.05, 4.69) is 10.1 Å². The van der Waals surface area contributed by atoms with Gasteiger partial charge in [0.05, 0.1) is 0 Å². The van der Waals surface area contributed by atoms with Crippen molar-refractivity contribution >= 4 is 11.5 Å². The highest BCUT2D eigenvalue weighted by atomic mass is 19.4. The number of carbonyl (C=O) groups is 1. The van der Waals surface area contributed by atoms with Crippen LogP contribution in [0.1, 0.15) is 21.5 Å². The minimum Gasteiger partial charge on any atom is -0.406 e. The summed E-state index contributed by atoms with van der Waals surface area (Å²) in [6.07, 6.45) is -1.91. The third-order valence-corrected chi connectivity index (χ3v) is 3.36. The first kappa shape index (κ1) is 17.6. The first-order valence-corrected chi connectivity index (χ1v) is 7.15. The van der Waals surface area contributed by atoms with Crippen LogP contribution in [-0.2, 0) is 0 Å². The molecule has 0 aliphatic heterocycles. The van der Waals surface area contributed by atoms with Gasteiger partial charge in [0.1, 0.15) is 5.75 Å². The third kappa shape index (κ3) is 5.15. The number of ketones is 1. The lowest BCUT2D eigenvalue weighted by molar-refractivity contribution is -0.274. The molecule has 126 valence electrons. The Morgan fingerprint density at radius 3 is 2.29 bits per heavy atom. The molecule has 2 aromatic rings. The molecule has 0 saturated heterocycles. The Kier molecular flexibility index (Phi) is 5.28. The van der Waals surface area contributed by atoms with Crippen LogP contribution in [0.5, 0.6) is 5.75 Å². The van der Waals surface area contributed by atoms with Crippen LogP contribution < -0.4 is 10.1 Å². The average Bonchev–Trinajstić information content (AvgIpc) is 2.50. The van der Waals surface area contributed by atoms with Gasteiger partial charge < -0.3 is 10.1 Å². The van der Waals surface area contributed by atoms with E-state index in [9.17, 15) is 18.0 Å². The summed E-state index contributed by atoms with van der Waals surface area (Å²) in [5.41, 5.74) is 3.25. The SMILES string of the molecule is Cc1ccc(C(=O)/C=C/Nc2ccc(OC(F)(F)F)cc2)cc1C. The van der Waals surface area contributed by atoms with Crippen LogP contribution in [0.4, 0.5) is 18.9 Å². The van der Waals surface area contributed by atoms with Crippen molar-refractivity contribution < 1.29 is 22.7 Å². The maximum Gasteiger partial charge on any atom is 0.573 e. The fourth-order valence-electron chi connectivity index (χ4n) is 1.96. The third-order valence-electron chi connectivity index (χ3n) is 3.36. The Morgan fingerprint density at radius 1 is 1.04 bits per heavy atom. The van der Waals surface area contributed by atoms with Gasteiger partial charge in [0.15, 0.2) is 5.78 Å². The molecule has 24 heavy (non-hydrogen) atoms. The molecule has 2 rings (SSSR count). The van der Waals surface area contributed by atoms with E-state index in [0.717, 1.165) is 11.1 Å². The average molecular weight is 335 g/mol. The van der Waals surface area contributed by atoms with Gasteiger partial charge in [-0.1, -0.05) is 12.1 Å². The fraction of sp³-hybridized carbons (Fsp3) is 0.167. The Labute approximate surface area is 137 Å². The molecule has 1 N–H and O–H groups in total. The summed E-state index contributed by atoms with van der Waals surface area (Å²) >= 11 is 0. The number of aryl methyl sites for hydroxylation is 2. The Bertz CT molecular complexity index is 750. The Hall–Kier alpha value is -2.76. The summed E-state index contributed by atoms with van der Waals surface area (Å²) in [7, 11) is 0. The first-order chi connectivity index (χ1) is 11.2. The van der Waals surface area contributed by atoms with E-state index in [-0.39, 0.29) is 11.5 Å². The zero-order chi connectivity index (χ0) is 17.7. The zero-order valence-corrected chi connectivity index (χ0v) is 13.1. The van der Waals surface area contributed by atoms with E-state index in [1.165, 1.54) is 36.5 Å². The maximum atomic E-state index is 12.1. The second-order valence-electron chi connectivity index (χ2n) is 5.21. The quantitative estimate of drug-likeness (QED) is 0.616. The molecular formula is C18H16F3NO2. The summed E-state index contributed by atoms with van der Waals surface area (Å²) in [5.74, 6) is -0.467. The van der Waals surface area contributed by atoms with E-state index in [4.69, 9.17) is 0 Å². The van der Waals surface area contributed by atoms with Gasteiger partial charge in [-0.2, -0.15) is 0 Å². The molecule has 0 heterocycles. The molecule has 0 spiro atoms. The second kappa shape index (κ2) is 7.21. The lowest BCUT2D eigenvalue weighted by Gasteiger charge is -2.09. The number of hydrogen-bond donors (Lipinski definition) is 1. The highest BCUT2D eigenvalue weighted by molar-refractivity contribution is 6.04. The fourth-order valence-corrected chi connectivity index (χ4v) is 1.96. The lowest BCUT2D eigenvalue weighted by atomic mass is 10.0. The predicted octanol–water partition coefficient (Wildman–Crippen LogP) is 5.01. The Balaban J connectivity index is 1.95. The van der Waals surface area contributed by atoms with E-state index in [1.807, 2.05) is 26.0 Å². The number of anilines is 1. The van der Waals surface area contributed by atoms with Gasteiger partial charge in [0.2, 0.25) is 0 Å². The first-order valence-electron chi connectivity index (χ1n) is 7.15. The molecule has 0 radical (unpaired) electrons. The number of benzene rings is 2. The highest BCUT2D eigenvalue weighted by Crippen LogP contribution is 2.23. The van der Waals surface area contributed by atoms with Crippen LogP contribution in [0, 0.1) is 13.8 Å². The topological polar surface area (TPSA) is 38.3 Å². The van der Waals surface area contributed by atoms with Crippen molar-refractivity contribution in [3.8, 4) is 5.75 Å². The second-order valence-corrected chi connectivity index (χ2v) is 5.21. The van der Waals surface area contributed by atoms with Crippen LogP contribution >= 0.6 is 0 Å². The summed E-state index contributed by atoms with van der Waals surface area (Å²) in [6.45, 7) is 3.89. The van der Waals surface area contributed by atoms with Gasteiger partial charge in [0, 0.05) is 23.5 Å². The van der Waals surface area contributed by atoms with E-state index < -0.39 is 6.36 Å². The van der Waals surface area contributed by atoms with Crippen LogP contribution in [-0.4, -0.2) is 12.1 Å². The largest absolute Gasteiger partial charge is 0.573 e. The minimum atomic E-state index is -4.71. The lowest BCUT2D eigenvalue weighted by Crippen LogP contribution is -2.16. The number of hydrogen-bond acceptors (Lipinski definition) is 3. The molecule has 0 saturated carbocycles. The molecule has 3 nitrogen and oxygen atoms in total. The van der Waals surface area contributed by atoms with Crippen molar-refractivity contribution in [2.45, 2.75) is 20.2 Å². The van der Waals surface area contributed by atoms with Gasteiger partial charge in [-0.3, -0.25) is 4.79 Å². The van der Waals surface area contributed by atoms with Crippen molar-refractivity contribution in [3.63, 3.8) is 0 Å². The molecular weight excluding hydrogens is 319 g/mol. The van der Waals surface area contributed by atoms with E-state index >= 15 is 0 Å². The number of ether oxygens (including phenoxy) is 1. The Morgan fingerprint density at radius 2 is 1.71 bits per heavy atom. The molecule has 0 amide bonds. The van der Waals surface area contributed by atoms with Gasteiger partial charge in [-0.15, -0.1) is 13.2 Å². The van der Waals surface area contributed by atoms with Crippen molar-refractivity contribution in [2.75, 3.05) is 5.32 Å². The molecule has 0 aliphatic carbocycles. The van der Waals surface area contributed by atoms with Crippen LogP contribution in [0.25, 0.3) is 0 Å². The molecule has 0 bridgehead atoms. The number of allylic oxidation sites excluding steroid dienone is 1. The van der Waals surface area contributed by atoms with Crippen LogP contribution in [0.15, 0.2) is 54.7 Å². The molecule has 0 aromatic heterocycles. The van der Waals surface area contributed by atoms with Gasteiger partial charge in [-0.25, -0.2) is 0 Å². The van der Waals surface area contributed by atoms with Gasteiger partial charge >= 0.3 is 6.36 Å². The standard InChI is InChI=1S/C18H16F3NO2/c1-12-3-4-14(11-13(12)2)17(23)9-10-22-15-5-7-16(8-6-15)24-18(19,20)21/h3-11,22H,1-2H3/b10-9+. The number of alkyl halides is 3. The van der Waals surface area contributed by atoms with Crippen molar-refractivity contribution in [2.24, 2.45) is 0 Å². The summed E-state index contributed by atoms with van der Waals surface area (Å²) in [4.78, 5) is 12.0. The number of carbonyl (C=O) groups excluding carboxylic acids is 1. The predicted molar refractivity (Wildman–Crippen MR) is 86.1 cm³/mol. The number of nitrogens with one attached hydrogen (secondary N) is 1. The smallest absolute Gasteiger partial charge is 0.406 e. The van der Waals surface area contributed by atoms with Gasteiger partial charge in [-0.05, 0) is 55.3 Å². The summed E-state index contributed by atoms with van der Waals surface area (Å²) < 4.78 is 40.0. The van der Waals surface area contributed by atoms with Crippen LogP contribution in [0.2, 0.25) is 0 Å². The minimum absolute atomic E-state index is 0.164. The normalized spacial score (nSPS) is 11.5. The van der Waals surface area contributed by atoms with E-state index in [1.54, 1.807) is 6.07 Å². The number of rotatable bonds is 5. The number of halogens is 3. The molecule has 2 aromatic carbocycles. The summed E-state index contributed by atoms with van der Waals surface area (Å²) in [6, 6.07) is 10.7. The van der Waals surface area contributed by atoms with Crippen molar-refractivity contribution in [3.05, 3.63) is 71.4 Å². The van der Waals surface area contributed by atoms with Crippen LogP contribution in [0.3, 0.4) is 0 Å². The van der Waals surface area contributed by atoms with E-state index in [0.29, 0.717) is 11.3 Å². The molecule has 0 atom stereocenters. The highest BCUT2D eigenvalue weighted by Gasteiger charge is 2.30. The van der Waals surface area contributed by atoms with Crippen molar-refractivity contribution in [1.29, 1.82) is 0 Å². The maximum absolute atomic E-state index is 12.1. The zero-order valence-electron chi connectivity index (χ0n) is 13.1. The summed E-state index contributed by atoms with van der Waals surface area (Å²) in [5, 5.41) is 2.82. The van der Waals surface area contributed by atoms with Crippen molar-refractivity contribution in [1.82, 2.24) is 0 Å². The molecule has 0 aliphatic rings. The molecule has 6 heteroatoms. The van der Waals surface area contributed by atoms with Gasteiger partial charge in [0.25, 0.3) is 0 Å². The molecule has 0 fully saturated rings.